The zero-order chi connectivity index (χ0) is 24.9. The van der Waals surface area contributed by atoms with Crippen LogP contribution in [0.3, 0.4) is 0 Å². The van der Waals surface area contributed by atoms with Gasteiger partial charge in [-0.1, -0.05) is 23.7 Å². The van der Waals surface area contributed by atoms with Crippen molar-refractivity contribution in [2.75, 3.05) is 5.32 Å². The van der Waals surface area contributed by atoms with Gasteiger partial charge in [-0.2, -0.15) is 4.98 Å². The molecule has 0 aliphatic heterocycles. The van der Waals surface area contributed by atoms with Gasteiger partial charge in [-0.3, -0.25) is 14.3 Å². The fraction of sp³-hybridized carbons (Fsp3) is 0.125. The number of halogens is 1. The van der Waals surface area contributed by atoms with Gasteiger partial charge in [0.05, 0.1) is 6.54 Å². The van der Waals surface area contributed by atoms with Gasteiger partial charge in [0.15, 0.2) is 0 Å². The number of pyridine rings is 1. The van der Waals surface area contributed by atoms with Crippen LogP contribution in [0.4, 0.5) is 11.6 Å². The number of hydrogen-bond donors (Lipinski definition) is 2. The Balaban J connectivity index is 1.60. The van der Waals surface area contributed by atoms with E-state index in [2.05, 4.69) is 15.3 Å². The SMILES string of the molecule is CCn1c(=O)nc(Nc2ccc(Oc3ccnc(C(N)=O)c3)cc2)n(Cc2ccc(Cl)cc2)c1=O. The van der Waals surface area contributed by atoms with E-state index in [1.54, 1.807) is 61.5 Å². The van der Waals surface area contributed by atoms with Gasteiger partial charge in [-0.05, 0) is 55.0 Å². The third-order valence-electron chi connectivity index (χ3n) is 5.05. The number of benzene rings is 2. The molecule has 35 heavy (non-hydrogen) atoms. The summed E-state index contributed by atoms with van der Waals surface area (Å²) in [5, 5.41) is 3.62. The Labute approximate surface area is 204 Å². The molecule has 0 aliphatic carbocycles. The molecule has 0 atom stereocenters. The van der Waals surface area contributed by atoms with Crippen molar-refractivity contribution in [2.45, 2.75) is 20.0 Å². The molecule has 2 heterocycles. The van der Waals surface area contributed by atoms with Crippen molar-refractivity contribution in [2.24, 2.45) is 5.73 Å². The zero-order valence-electron chi connectivity index (χ0n) is 18.6. The first-order valence-electron chi connectivity index (χ1n) is 10.6. The Kier molecular flexibility index (Phi) is 6.93. The largest absolute Gasteiger partial charge is 0.457 e. The predicted octanol–water partition coefficient (Wildman–Crippen LogP) is 3.16. The van der Waals surface area contributed by atoms with Crippen molar-refractivity contribution in [1.82, 2.24) is 19.1 Å². The quantitative estimate of drug-likeness (QED) is 0.385. The summed E-state index contributed by atoms with van der Waals surface area (Å²) < 4.78 is 8.20. The number of carbonyl (C=O) groups is 1. The molecule has 4 aromatic rings. The van der Waals surface area contributed by atoms with Crippen LogP contribution in [-0.4, -0.2) is 25.0 Å². The second-order valence-corrected chi connectivity index (χ2v) is 7.89. The van der Waals surface area contributed by atoms with Gasteiger partial charge < -0.3 is 15.8 Å². The molecule has 0 saturated heterocycles. The predicted molar refractivity (Wildman–Crippen MR) is 132 cm³/mol. The lowest BCUT2D eigenvalue weighted by Gasteiger charge is -2.15. The lowest BCUT2D eigenvalue weighted by Crippen LogP contribution is -2.42. The number of nitrogens with one attached hydrogen (secondary N) is 1. The van der Waals surface area contributed by atoms with Gasteiger partial charge in [0.2, 0.25) is 5.95 Å². The second-order valence-electron chi connectivity index (χ2n) is 7.45. The van der Waals surface area contributed by atoms with Crippen LogP contribution in [0, 0.1) is 0 Å². The summed E-state index contributed by atoms with van der Waals surface area (Å²) in [4.78, 5) is 44.6. The molecular formula is C24H21ClN6O4. The van der Waals surface area contributed by atoms with Gasteiger partial charge >= 0.3 is 11.4 Å². The number of nitrogens with zero attached hydrogens (tertiary/aromatic N) is 4. The number of aromatic nitrogens is 4. The van der Waals surface area contributed by atoms with E-state index in [4.69, 9.17) is 22.1 Å². The highest BCUT2D eigenvalue weighted by Crippen LogP contribution is 2.24. The first-order chi connectivity index (χ1) is 16.8. The molecule has 0 fully saturated rings. The first kappa shape index (κ1) is 23.7. The van der Waals surface area contributed by atoms with E-state index in [0.717, 1.165) is 10.1 Å². The van der Waals surface area contributed by atoms with Gasteiger partial charge in [-0.15, -0.1) is 0 Å². The van der Waals surface area contributed by atoms with E-state index < -0.39 is 17.3 Å². The summed E-state index contributed by atoms with van der Waals surface area (Å²) in [5.41, 5.74) is 5.62. The van der Waals surface area contributed by atoms with Crippen molar-refractivity contribution in [3.63, 3.8) is 0 Å². The van der Waals surface area contributed by atoms with Crippen LogP contribution in [0.25, 0.3) is 0 Å². The van der Waals surface area contributed by atoms with E-state index in [1.165, 1.54) is 16.8 Å². The van der Waals surface area contributed by atoms with Crippen LogP contribution in [0.15, 0.2) is 76.4 Å². The Hall–Kier alpha value is -4.44. The number of amides is 1. The lowest BCUT2D eigenvalue weighted by atomic mass is 10.2. The third-order valence-corrected chi connectivity index (χ3v) is 5.30. The second kappa shape index (κ2) is 10.2. The minimum atomic E-state index is -0.655. The van der Waals surface area contributed by atoms with Crippen LogP contribution in [0.5, 0.6) is 11.5 Å². The van der Waals surface area contributed by atoms with Gasteiger partial charge in [-0.25, -0.2) is 14.2 Å². The molecule has 178 valence electrons. The van der Waals surface area contributed by atoms with Crippen molar-refractivity contribution < 1.29 is 9.53 Å². The van der Waals surface area contributed by atoms with Crippen molar-refractivity contribution in [1.29, 1.82) is 0 Å². The summed E-state index contributed by atoms with van der Waals surface area (Å²) in [5.74, 6) is 0.340. The molecule has 2 aromatic heterocycles. The van der Waals surface area contributed by atoms with Crippen molar-refractivity contribution in [3.8, 4) is 11.5 Å². The number of rotatable bonds is 8. The molecule has 4 rings (SSSR count). The van der Waals surface area contributed by atoms with E-state index in [-0.39, 0.29) is 24.7 Å². The number of ether oxygens (including phenoxy) is 1. The normalized spacial score (nSPS) is 10.7. The number of hydrogen-bond acceptors (Lipinski definition) is 7. The van der Waals surface area contributed by atoms with Crippen LogP contribution in [0.2, 0.25) is 5.02 Å². The molecule has 0 aliphatic rings. The average molecular weight is 493 g/mol. The molecular weight excluding hydrogens is 472 g/mol. The minimum absolute atomic E-state index is 0.0901. The zero-order valence-corrected chi connectivity index (χ0v) is 19.4. The molecule has 2 aromatic carbocycles. The highest BCUT2D eigenvalue weighted by atomic mass is 35.5. The molecule has 3 N–H and O–H groups in total. The molecule has 0 unspecified atom stereocenters. The number of nitrogens with two attached hydrogens (primary N) is 1. The van der Waals surface area contributed by atoms with Crippen LogP contribution >= 0.6 is 11.6 Å². The molecule has 0 spiro atoms. The number of anilines is 2. The smallest absolute Gasteiger partial charge is 0.354 e. The molecule has 11 heteroatoms. The highest BCUT2D eigenvalue weighted by Gasteiger charge is 2.13. The Morgan fingerprint density at radius 2 is 1.74 bits per heavy atom. The standard InChI is InChI=1S/C24H21ClN6O4/c1-2-30-23(33)29-22(31(24(30)34)14-15-3-5-16(25)6-4-15)28-17-7-9-18(10-8-17)35-19-11-12-27-20(13-19)21(26)32/h3-13H,2,14H2,1H3,(H2,26,32)(H,28,29,33). The van der Waals surface area contributed by atoms with E-state index in [9.17, 15) is 14.4 Å². The topological polar surface area (TPSA) is 134 Å². The third kappa shape index (κ3) is 5.56. The van der Waals surface area contributed by atoms with E-state index in [0.29, 0.717) is 22.2 Å². The van der Waals surface area contributed by atoms with Crippen LogP contribution in [-0.2, 0) is 13.1 Å². The molecule has 10 nitrogen and oxygen atoms in total. The molecule has 0 bridgehead atoms. The van der Waals surface area contributed by atoms with Gasteiger partial charge in [0.1, 0.15) is 17.2 Å². The number of carbonyl (C=O) groups excluding carboxylic acids is 1. The lowest BCUT2D eigenvalue weighted by molar-refractivity contribution is 0.0995. The summed E-state index contributed by atoms with van der Waals surface area (Å²) in [6.45, 7) is 2.10. The monoisotopic (exact) mass is 492 g/mol. The fourth-order valence-corrected chi connectivity index (χ4v) is 3.42. The van der Waals surface area contributed by atoms with Crippen LogP contribution in [0.1, 0.15) is 23.0 Å². The van der Waals surface area contributed by atoms with E-state index >= 15 is 0 Å². The molecule has 1 amide bonds. The maximum atomic E-state index is 13.0. The Bertz CT molecular complexity index is 1480. The summed E-state index contributed by atoms with van der Waals surface area (Å²) in [6.07, 6.45) is 1.43. The number of primary amides is 1. The van der Waals surface area contributed by atoms with E-state index in [1.807, 2.05) is 0 Å². The Morgan fingerprint density at radius 1 is 1.03 bits per heavy atom. The van der Waals surface area contributed by atoms with Gasteiger partial charge in [0.25, 0.3) is 5.91 Å². The average Bonchev–Trinajstić information content (AvgIpc) is 2.84. The fourth-order valence-electron chi connectivity index (χ4n) is 3.29. The van der Waals surface area contributed by atoms with Gasteiger partial charge in [0, 0.05) is 29.5 Å². The summed E-state index contributed by atoms with van der Waals surface area (Å²) in [7, 11) is 0. The van der Waals surface area contributed by atoms with Crippen LogP contribution < -0.4 is 27.2 Å². The maximum absolute atomic E-state index is 13.0. The Morgan fingerprint density at radius 3 is 2.40 bits per heavy atom. The molecule has 0 radical (unpaired) electrons. The van der Waals surface area contributed by atoms with Crippen molar-refractivity contribution >= 4 is 29.1 Å². The first-order valence-corrected chi connectivity index (χ1v) is 11.0. The summed E-state index contributed by atoms with van der Waals surface area (Å²) in [6, 6.07) is 16.9. The maximum Gasteiger partial charge on any atom is 0.354 e. The summed E-state index contributed by atoms with van der Waals surface area (Å²) >= 11 is 5.97. The van der Waals surface area contributed by atoms with Crippen molar-refractivity contribution in [3.05, 3.63) is 104 Å². The highest BCUT2D eigenvalue weighted by molar-refractivity contribution is 6.30. The molecule has 0 saturated carbocycles. The minimum Gasteiger partial charge on any atom is -0.457 e.